The summed E-state index contributed by atoms with van der Waals surface area (Å²) >= 11 is 0. The minimum absolute atomic E-state index is 0.104. The lowest BCUT2D eigenvalue weighted by molar-refractivity contribution is -0.168. The van der Waals surface area contributed by atoms with E-state index in [0.29, 0.717) is 6.61 Å². The van der Waals surface area contributed by atoms with Gasteiger partial charge in [0.15, 0.2) is 0 Å². The number of benzene rings is 1. The fourth-order valence-corrected chi connectivity index (χ4v) is 2.87. The van der Waals surface area contributed by atoms with Crippen molar-refractivity contribution in [1.29, 1.82) is 0 Å². The van der Waals surface area contributed by atoms with E-state index < -0.39 is 5.60 Å². The van der Waals surface area contributed by atoms with E-state index in [9.17, 15) is 0 Å². The summed E-state index contributed by atoms with van der Waals surface area (Å²) in [6, 6.07) is 6.10. The van der Waals surface area contributed by atoms with Crippen molar-refractivity contribution in [2.45, 2.75) is 58.5 Å². The first-order valence-electron chi connectivity index (χ1n) is 8.28. The van der Waals surface area contributed by atoms with E-state index in [-0.39, 0.29) is 18.3 Å². The Bertz CT molecular complexity index is 552. The number of hydrogen-bond donors (Lipinski definition) is 1. The zero-order chi connectivity index (χ0) is 17.0. The van der Waals surface area contributed by atoms with Gasteiger partial charge < -0.3 is 19.5 Å². The van der Waals surface area contributed by atoms with Crippen molar-refractivity contribution in [3.63, 3.8) is 0 Å². The number of anilines is 1. The van der Waals surface area contributed by atoms with Gasteiger partial charge in [-0.1, -0.05) is 12.2 Å². The zero-order valence-corrected chi connectivity index (χ0v) is 15.1. The SMILES string of the molecule is C/C=C/COC1C(OC(C)C)c2cc(NC)ccc2OC1(C)C. The smallest absolute Gasteiger partial charge is 0.132 e. The summed E-state index contributed by atoms with van der Waals surface area (Å²) in [6.07, 6.45) is 3.75. The molecule has 1 aliphatic heterocycles. The molecular formula is C19H29NO3. The largest absolute Gasteiger partial charge is 0.485 e. The standard InChI is InChI=1S/C19H29NO3/c1-7-8-11-21-18-17(22-13(2)3)15-12-14(20-6)9-10-16(15)23-19(18,4)5/h7-10,12-13,17-18,20H,11H2,1-6H3/b8-7+. The van der Waals surface area contributed by atoms with E-state index in [0.717, 1.165) is 17.0 Å². The van der Waals surface area contributed by atoms with E-state index in [1.165, 1.54) is 0 Å². The van der Waals surface area contributed by atoms with E-state index in [1.54, 1.807) is 0 Å². The zero-order valence-electron chi connectivity index (χ0n) is 15.1. The molecule has 1 heterocycles. The van der Waals surface area contributed by atoms with Gasteiger partial charge in [-0.3, -0.25) is 0 Å². The maximum atomic E-state index is 6.24. The molecule has 4 heteroatoms. The van der Waals surface area contributed by atoms with Crippen LogP contribution in [0.2, 0.25) is 0 Å². The van der Waals surface area contributed by atoms with E-state index in [1.807, 2.05) is 52.1 Å². The molecule has 2 rings (SSSR count). The Morgan fingerprint density at radius 2 is 2.09 bits per heavy atom. The Morgan fingerprint density at radius 3 is 2.70 bits per heavy atom. The van der Waals surface area contributed by atoms with Gasteiger partial charge in [0.25, 0.3) is 0 Å². The fraction of sp³-hybridized carbons (Fsp3) is 0.579. The summed E-state index contributed by atoms with van der Waals surface area (Å²) in [6.45, 7) is 10.7. The van der Waals surface area contributed by atoms with Gasteiger partial charge in [0, 0.05) is 18.3 Å². The first kappa shape index (κ1) is 17.8. The summed E-state index contributed by atoms with van der Waals surface area (Å²) in [4.78, 5) is 0. The minimum atomic E-state index is -0.463. The molecule has 0 aliphatic carbocycles. The normalized spacial score (nSPS) is 22.9. The molecule has 0 aromatic heterocycles. The van der Waals surface area contributed by atoms with Gasteiger partial charge in [0.05, 0.1) is 12.7 Å². The molecule has 0 amide bonds. The van der Waals surface area contributed by atoms with Crippen LogP contribution in [0, 0.1) is 0 Å². The second-order valence-electron chi connectivity index (χ2n) is 6.64. The van der Waals surface area contributed by atoms with Crippen molar-refractivity contribution in [2.75, 3.05) is 19.0 Å². The van der Waals surface area contributed by atoms with Crippen LogP contribution in [0.3, 0.4) is 0 Å². The van der Waals surface area contributed by atoms with E-state index in [4.69, 9.17) is 14.2 Å². The lowest BCUT2D eigenvalue weighted by atomic mass is 9.87. The van der Waals surface area contributed by atoms with Crippen LogP contribution < -0.4 is 10.1 Å². The molecule has 4 nitrogen and oxygen atoms in total. The van der Waals surface area contributed by atoms with Gasteiger partial charge in [-0.2, -0.15) is 0 Å². The highest BCUT2D eigenvalue weighted by Gasteiger charge is 2.45. The van der Waals surface area contributed by atoms with Crippen molar-refractivity contribution in [3.05, 3.63) is 35.9 Å². The molecule has 0 bridgehead atoms. The molecule has 1 aromatic rings. The summed E-state index contributed by atoms with van der Waals surface area (Å²) in [7, 11) is 1.91. The molecule has 0 saturated heterocycles. The molecule has 1 aliphatic rings. The van der Waals surface area contributed by atoms with Crippen molar-refractivity contribution in [1.82, 2.24) is 0 Å². The number of hydrogen-bond acceptors (Lipinski definition) is 4. The predicted octanol–water partition coefficient (Wildman–Crippen LogP) is 4.33. The van der Waals surface area contributed by atoms with Gasteiger partial charge >= 0.3 is 0 Å². The molecule has 0 radical (unpaired) electrons. The molecule has 128 valence electrons. The highest BCUT2D eigenvalue weighted by atomic mass is 16.6. The lowest BCUT2D eigenvalue weighted by Crippen LogP contribution is -2.51. The quantitative estimate of drug-likeness (QED) is 0.792. The topological polar surface area (TPSA) is 39.7 Å². The summed E-state index contributed by atoms with van der Waals surface area (Å²) in [5.74, 6) is 0.866. The molecular weight excluding hydrogens is 290 g/mol. The Hall–Kier alpha value is -1.52. The molecule has 1 N–H and O–H groups in total. The van der Waals surface area contributed by atoms with Crippen LogP contribution >= 0.6 is 0 Å². The van der Waals surface area contributed by atoms with Gasteiger partial charge in [0.1, 0.15) is 23.6 Å². The van der Waals surface area contributed by atoms with E-state index >= 15 is 0 Å². The van der Waals surface area contributed by atoms with Crippen LogP contribution in [0.15, 0.2) is 30.4 Å². The van der Waals surface area contributed by atoms with Crippen LogP contribution in [0.1, 0.15) is 46.3 Å². The number of rotatable bonds is 6. The lowest BCUT2D eigenvalue weighted by Gasteiger charge is -2.44. The Kier molecular flexibility index (Phi) is 5.71. The second kappa shape index (κ2) is 7.37. The molecule has 2 atom stereocenters. The molecule has 1 aromatic carbocycles. The molecule has 0 saturated carbocycles. The van der Waals surface area contributed by atoms with Crippen LogP contribution in [0.25, 0.3) is 0 Å². The van der Waals surface area contributed by atoms with Gasteiger partial charge in [-0.25, -0.2) is 0 Å². The number of ether oxygens (including phenoxy) is 3. The van der Waals surface area contributed by atoms with E-state index in [2.05, 4.69) is 25.2 Å². The van der Waals surface area contributed by atoms with Crippen molar-refractivity contribution >= 4 is 5.69 Å². The summed E-state index contributed by atoms with van der Waals surface area (Å²) in [5, 5.41) is 3.18. The van der Waals surface area contributed by atoms with Crippen LogP contribution in [-0.2, 0) is 9.47 Å². The van der Waals surface area contributed by atoms with Crippen molar-refractivity contribution < 1.29 is 14.2 Å². The third-order valence-corrected chi connectivity index (χ3v) is 3.96. The number of allylic oxidation sites excluding steroid dienone is 1. The molecule has 0 spiro atoms. The summed E-state index contributed by atoms with van der Waals surface area (Å²) < 4.78 is 18.6. The van der Waals surface area contributed by atoms with Crippen LogP contribution in [0.5, 0.6) is 5.75 Å². The molecule has 2 unspecified atom stereocenters. The maximum absolute atomic E-state index is 6.24. The minimum Gasteiger partial charge on any atom is -0.485 e. The highest BCUT2D eigenvalue weighted by Crippen LogP contribution is 2.44. The van der Waals surface area contributed by atoms with Crippen LogP contribution in [0.4, 0.5) is 5.69 Å². The fourth-order valence-electron chi connectivity index (χ4n) is 2.87. The van der Waals surface area contributed by atoms with Crippen LogP contribution in [-0.4, -0.2) is 31.5 Å². The first-order valence-corrected chi connectivity index (χ1v) is 8.28. The van der Waals surface area contributed by atoms with Gasteiger partial charge in [-0.05, 0) is 52.8 Å². The Labute approximate surface area is 139 Å². The predicted molar refractivity (Wildman–Crippen MR) is 94.2 cm³/mol. The monoisotopic (exact) mass is 319 g/mol. The Morgan fingerprint density at radius 1 is 1.35 bits per heavy atom. The van der Waals surface area contributed by atoms with Crippen molar-refractivity contribution in [3.8, 4) is 5.75 Å². The highest BCUT2D eigenvalue weighted by molar-refractivity contribution is 5.53. The van der Waals surface area contributed by atoms with Gasteiger partial charge in [0.2, 0.25) is 0 Å². The third-order valence-electron chi connectivity index (χ3n) is 3.96. The first-order chi connectivity index (χ1) is 10.9. The third kappa shape index (κ3) is 4.06. The molecule has 23 heavy (non-hydrogen) atoms. The Balaban J connectivity index is 2.41. The summed E-state index contributed by atoms with van der Waals surface area (Å²) in [5.41, 5.74) is 1.61. The average molecular weight is 319 g/mol. The van der Waals surface area contributed by atoms with Gasteiger partial charge in [-0.15, -0.1) is 0 Å². The maximum Gasteiger partial charge on any atom is 0.132 e. The average Bonchev–Trinajstić information content (AvgIpc) is 2.48. The number of nitrogens with one attached hydrogen (secondary N) is 1. The molecule has 0 fully saturated rings. The number of fused-ring (bicyclic) bond motifs is 1. The van der Waals surface area contributed by atoms with Crippen molar-refractivity contribution in [2.24, 2.45) is 0 Å². The second-order valence-corrected chi connectivity index (χ2v) is 6.64.